The summed E-state index contributed by atoms with van der Waals surface area (Å²) in [5.74, 6) is 0.192. The highest BCUT2D eigenvalue weighted by Gasteiger charge is 2.37. The first-order chi connectivity index (χ1) is 8.15. The fraction of sp³-hybridized carbons (Fsp3) is 0.643. The van der Waals surface area contributed by atoms with Crippen LogP contribution in [0.5, 0.6) is 0 Å². The lowest BCUT2D eigenvalue weighted by Gasteiger charge is -2.30. The summed E-state index contributed by atoms with van der Waals surface area (Å²) >= 11 is 0. The summed E-state index contributed by atoms with van der Waals surface area (Å²) in [5, 5.41) is 13.9. The number of aliphatic hydroxyl groups is 1. The van der Waals surface area contributed by atoms with Gasteiger partial charge >= 0.3 is 0 Å². The fourth-order valence-corrected chi connectivity index (χ4v) is 2.71. The second-order valence-corrected chi connectivity index (χ2v) is 5.10. The van der Waals surface area contributed by atoms with Crippen molar-refractivity contribution in [3.8, 4) is 0 Å². The first-order valence-electron chi connectivity index (χ1n) is 6.52. The molecule has 1 heterocycles. The van der Waals surface area contributed by atoms with Crippen LogP contribution in [0.25, 0.3) is 0 Å². The molecule has 17 heavy (non-hydrogen) atoms. The van der Waals surface area contributed by atoms with Crippen LogP contribution in [0.1, 0.15) is 43.9 Å². The topological polar surface area (TPSA) is 45.1 Å². The molecule has 1 aliphatic carbocycles. The van der Waals surface area contributed by atoms with Crippen LogP contribution in [0.2, 0.25) is 0 Å². The second-order valence-electron chi connectivity index (χ2n) is 5.10. The minimum atomic E-state index is -0.651. The van der Waals surface area contributed by atoms with E-state index in [2.05, 4.69) is 23.3 Å². The predicted octanol–water partition coefficient (Wildman–Crippen LogP) is 1.86. The monoisotopic (exact) mass is 234 g/mol. The molecule has 2 rings (SSSR count). The van der Waals surface area contributed by atoms with Crippen molar-refractivity contribution in [1.29, 1.82) is 0 Å². The van der Waals surface area contributed by atoms with Crippen molar-refractivity contribution in [2.75, 3.05) is 13.1 Å². The molecule has 2 atom stereocenters. The number of rotatable bonds is 5. The Bertz CT molecular complexity index is 376. The molecule has 0 amide bonds. The molecule has 2 unspecified atom stereocenters. The minimum absolute atomic E-state index is 0.192. The van der Waals surface area contributed by atoms with Crippen molar-refractivity contribution in [1.82, 2.24) is 10.3 Å². The van der Waals surface area contributed by atoms with Crippen LogP contribution in [-0.2, 0) is 6.42 Å². The number of pyridine rings is 1. The first kappa shape index (κ1) is 12.5. The van der Waals surface area contributed by atoms with Gasteiger partial charge in [0.05, 0.1) is 5.60 Å². The van der Waals surface area contributed by atoms with Gasteiger partial charge in [0.25, 0.3) is 0 Å². The van der Waals surface area contributed by atoms with Crippen LogP contribution in [0, 0.1) is 0 Å². The van der Waals surface area contributed by atoms with Crippen LogP contribution < -0.4 is 5.32 Å². The number of aromatic nitrogens is 1. The van der Waals surface area contributed by atoms with E-state index in [0.717, 1.165) is 38.0 Å². The quantitative estimate of drug-likeness (QED) is 0.764. The molecule has 0 spiro atoms. The molecule has 1 aromatic heterocycles. The Kier molecular flexibility index (Phi) is 3.79. The molecule has 1 aromatic rings. The maximum atomic E-state index is 10.6. The molecule has 0 saturated heterocycles. The van der Waals surface area contributed by atoms with Crippen LogP contribution in [0.15, 0.2) is 18.3 Å². The van der Waals surface area contributed by atoms with Gasteiger partial charge in [0.2, 0.25) is 0 Å². The normalized spacial score (nSPS) is 22.2. The van der Waals surface area contributed by atoms with Gasteiger partial charge in [0.1, 0.15) is 0 Å². The van der Waals surface area contributed by atoms with Crippen molar-refractivity contribution in [3.05, 3.63) is 29.6 Å². The molecule has 0 radical (unpaired) electrons. The Hall–Kier alpha value is -0.930. The van der Waals surface area contributed by atoms with E-state index >= 15 is 0 Å². The lowest BCUT2D eigenvalue weighted by molar-refractivity contribution is 0.0216. The van der Waals surface area contributed by atoms with Crippen LogP contribution in [0.3, 0.4) is 0 Å². The van der Waals surface area contributed by atoms with Crippen LogP contribution in [-0.4, -0.2) is 28.8 Å². The van der Waals surface area contributed by atoms with E-state index in [0.29, 0.717) is 0 Å². The Morgan fingerprint density at radius 3 is 3.18 bits per heavy atom. The smallest absolute Gasteiger partial charge is 0.0715 e. The highest BCUT2D eigenvalue weighted by atomic mass is 16.3. The average molecular weight is 234 g/mol. The van der Waals surface area contributed by atoms with E-state index in [1.165, 1.54) is 5.56 Å². The molecule has 3 nitrogen and oxygen atoms in total. The molecular weight excluding hydrogens is 212 g/mol. The molecule has 94 valence electrons. The molecule has 2 N–H and O–H groups in total. The summed E-state index contributed by atoms with van der Waals surface area (Å²) < 4.78 is 0. The largest absolute Gasteiger partial charge is 0.389 e. The number of hydrogen-bond donors (Lipinski definition) is 2. The molecule has 0 bridgehead atoms. The predicted molar refractivity (Wildman–Crippen MR) is 69.1 cm³/mol. The number of nitrogens with zero attached hydrogens (tertiary/aromatic N) is 1. The molecule has 0 aromatic carbocycles. The molecule has 0 aliphatic heterocycles. The Balaban J connectivity index is 2.08. The number of hydrogen-bond acceptors (Lipinski definition) is 3. The summed E-state index contributed by atoms with van der Waals surface area (Å²) in [4.78, 5) is 4.45. The van der Waals surface area contributed by atoms with Gasteiger partial charge in [-0.3, -0.25) is 4.98 Å². The SMILES string of the molecule is CCNCCC(C)(O)C1CCc2cccnc21. The number of aryl methyl sites for hydroxylation is 1. The molecular formula is C14H22N2O. The van der Waals surface area contributed by atoms with E-state index < -0.39 is 5.60 Å². The number of fused-ring (bicyclic) bond motifs is 1. The van der Waals surface area contributed by atoms with Crippen molar-refractivity contribution in [3.63, 3.8) is 0 Å². The summed E-state index contributed by atoms with van der Waals surface area (Å²) in [6.45, 7) is 5.84. The molecule has 3 heteroatoms. The van der Waals surface area contributed by atoms with Gasteiger partial charge in [0, 0.05) is 17.8 Å². The summed E-state index contributed by atoms with van der Waals surface area (Å²) in [7, 11) is 0. The Morgan fingerprint density at radius 2 is 2.41 bits per heavy atom. The summed E-state index contributed by atoms with van der Waals surface area (Å²) in [5.41, 5.74) is 1.76. The van der Waals surface area contributed by atoms with Crippen molar-refractivity contribution in [2.24, 2.45) is 0 Å². The zero-order valence-electron chi connectivity index (χ0n) is 10.7. The van der Waals surface area contributed by atoms with E-state index in [-0.39, 0.29) is 5.92 Å². The van der Waals surface area contributed by atoms with Gasteiger partial charge in [-0.25, -0.2) is 0 Å². The zero-order valence-corrected chi connectivity index (χ0v) is 10.7. The average Bonchev–Trinajstić information content (AvgIpc) is 2.73. The third-order valence-electron chi connectivity index (χ3n) is 3.77. The lowest BCUT2D eigenvalue weighted by Crippen LogP contribution is -2.35. The van der Waals surface area contributed by atoms with Crippen LogP contribution in [0.4, 0.5) is 0 Å². The van der Waals surface area contributed by atoms with E-state index in [9.17, 15) is 5.11 Å². The van der Waals surface area contributed by atoms with Crippen molar-refractivity contribution >= 4 is 0 Å². The first-order valence-corrected chi connectivity index (χ1v) is 6.52. The second kappa shape index (κ2) is 5.15. The third-order valence-corrected chi connectivity index (χ3v) is 3.77. The molecule has 0 saturated carbocycles. The number of nitrogens with one attached hydrogen (secondary N) is 1. The van der Waals surface area contributed by atoms with Gasteiger partial charge in [-0.15, -0.1) is 0 Å². The van der Waals surface area contributed by atoms with Crippen LogP contribution >= 0.6 is 0 Å². The van der Waals surface area contributed by atoms with Gasteiger partial charge in [-0.1, -0.05) is 13.0 Å². The van der Waals surface area contributed by atoms with Crippen molar-refractivity contribution < 1.29 is 5.11 Å². The van der Waals surface area contributed by atoms with Gasteiger partial charge in [-0.2, -0.15) is 0 Å². The minimum Gasteiger partial charge on any atom is -0.389 e. The zero-order chi connectivity index (χ0) is 12.3. The van der Waals surface area contributed by atoms with Gasteiger partial charge in [-0.05, 0) is 50.9 Å². The maximum absolute atomic E-state index is 10.6. The van der Waals surface area contributed by atoms with Crippen molar-refractivity contribution in [2.45, 2.75) is 44.6 Å². The van der Waals surface area contributed by atoms with E-state index in [1.807, 2.05) is 19.2 Å². The molecule has 0 fully saturated rings. The maximum Gasteiger partial charge on any atom is 0.0715 e. The lowest BCUT2D eigenvalue weighted by atomic mass is 9.84. The summed E-state index contributed by atoms with van der Waals surface area (Å²) in [6.07, 6.45) is 4.68. The highest BCUT2D eigenvalue weighted by Crippen LogP contribution is 2.40. The fourth-order valence-electron chi connectivity index (χ4n) is 2.71. The standard InChI is InChI=1S/C14H22N2O/c1-3-15-10-8-14(2,17)12-7-6-11-5-4-9-16-13(11)12/h4-5,9,12,15,17H,3,6-8,10H2,1-2H3. The summed E-state index contributed by atoms with van der Waals surface area (Å²) in [6, 6.07) is 4.11. The highest BCUT2D eigenvalue weighted by molar-refractivity contribution is 5.30. The van der Waals surface area contributed by atoms with Gasteiger partial charge in [0.15, 0.2) is 0 Å². The third kappa shape index (κ3) is 2.67. The Morgan fingerprint density at radius 1 is 1.59 bits per heavy atom. The van der Waals surface area contributed by atoms with E-state index in [4.69, 9.17) is 0 Å². The molecule has 1 aliphatic rings. The van der Waals surface area contributed by atoms with E-state index in [1.54, 1.807) is 0 Å². The Labute approximate surface area is 103 Å². The van der Waals surface area contributed by atoms with Gasteiger partial charge < -0.3 is 10.4 Å².